The van der Waals surface area contributed by atoms with Gasteiger partial charge in [-0.25, -0.2) is 13.9 Å². The first-order valence-electron chi connectivity index (χ1n) is 8.73. The minimum Gasteiger partial charge on any atom is -0.481 e. The Hall–Kier alpha value is -3.04. The zero-order valence-electron chi connectivity index (χ0n) is 15.1. The molecule has 2 heterocycles. The van der Waals surface area contributed by atoms with Crippen molar-refractivity contribution in [3.63, 3.8) is 0 Å². The molecule has 0 unspecified atom stereocenters. The third-order valence-electron chi connectivity index (χ3n) is 4.57. The molecule has 9 nitrogen and oxygen atoms in total. The maximum atomic E-state index is 14.6. The second kappa shape index (κ2) is 7.68. The van der Waals surface area contributed by atoms with E-state index in [1.807, 2.05) is 13.8 Å². The summed E-state index contributed by atoms with van der Waals surface area (Å²) in [4.78, 5) is 24.8. The van der Waals surface area contributed by atoms with Gasteiger partial charge in [0.2, 0.25) is 0 Å². The van der Waals surface area contributed by atoms with E-state index < -0.39 is 17.7 Å². The Morgan fingerprint density at radius 1 is 1.30 bits per heavy atom. The number of carboxylic acid groups (broad SMARTS) is 1. The summed E-state index contributed by atoms with van der Waals surface area (Å²) < 4.78 is 16.1. The van der Waals surface area contributed by atoms with Gasteiger partial charge >= 0.3 is 12.0 Å². The van der Waals surface area contributed by atoms with Crippen molar-refractivity contribution in [2.75, 3.05) is 18.4 Å². The van der Waals surface area contributed by atoms with Crippen LogP contribution >= 0.6 is 0 Å². The number of anilines is 1. The van der Waals surface area contributed by atoms with Crippen LogP contribution in [0.5, 0.6) is 0 Å². The highest BCUT2D eigenvalue weighted by Gasteiger charge is 2.27. The Bertz CT molecular complexity index is 845. The summed E-state index contributed by atoms with van der Waals surface area (Å²) in [6.45, 7) is 4.48. The van der Waals surface area contributed by atoms with E-state index in [2.05, 4.69) is 20.8 Å². The third-order valence-corrected chi connectivity index (χ3v) is 4.57. The van der Waals surface area contributed by atoms with E-state index in [4.69, 9.17) is 5.11 Å². The predicted octanol–water partition coefficient (Wildman–Crippen LogP) is 2.39. The number of carboxylic acids is 1. The lowest BCUT2D eigenvalue weighted by Crippen LogP contribution is -2.42. The molecule has 0 bridgehead atoms. The van der Waals surface area contributed by atoms with Crippen molar-refractivity contribution < 1.29 is 19.1 Å². The number of hydrogen-bond acceptors (Lipinski definition) is 5. The Labute approximate surface area is 155 Å². The summed E-state index contributed by atoms with van der Waals surface area (Å²) in [6, 6.07) is 3.92. The minimum atomic E-state index is -0.837. The van der Waals surface area contributed by atoms with E-state index >= 15 is 0 Å². The quantitative estimate of drug-likeness (QED) is 0.847. The molecule has 0 atom stereocenters. The van der Waals surface area contributed by atoms with Crippen LogP contribution in [0.1, 0.15) is 32.7 Å². The van der Waals surface area contributed by atoms with Crippen LogP contribution in [-0.4, -0.2) is 55.3 Å². The highest BCUT2D eigenvalue weighted by atomic mass is 19.1. The van der Waals surface area contributed by atoms with Crippen LogP contribution in [0.2, 0.25) is 0 Å². The number of likely N-dealkylation sites (tertiary alicyclic amines) is 1. The molecule has 0 aliphatic carbocycles. The van der Waals surface area contributed by atoms with Crippen LogP contribution in [0.3, 0.4) is 0 Å². The zero-order valence-corrected chi connectivity index (χ0v) is 15.1. The second-order valence-corrected chi connectivity index (χ2v) is 6.77. The van der Waals surface area contributed by atoms with Crippen molar-refractivity contribution in [2.45, 2.75) is 32.7 Å². The first-order chi connectivity index (χ1) is 12.9. The zero-order chi connectivity index (χ0) is 19.6. The molecule has 2 amide bonds. The fourth-order valence-electron chi connectivity index (χ4n) is 3.03. The Morgan fingerprint density at radius 3 is 2.59 bits per heavy atom. The average molecular weight is 376 g/mol. The maximum Gasteiger partial charge on any atom is 0.321 e. The maximum absolute atomic E-state index is 14.6. The molecule has 0 saturated carbocycles. The van der Waals surface area contributed by atoms with Crippen molar-refractivity contribution in [1.82, 2.24) is 25.1 Å². The molecule has 2 aromatic rings. The summed E-state index contributed by atoms with van der Waals surface area (Å²) >= 11 is 0. The number of halogens is 1. The van der Waals surface area contributed by atoms with E-state index in [0.29, 0.717) is 37.4 Å². The number of rotatable bonds is 4. The number of aliphatic carboxylic acids is 1. The number of hydrogen-bond donors (Lipinski definition) is 2. The lowest BCUT2D eigenvalue weighted by Gasteiger charge is -2.30. The molecule has 10 heteroatoms. The van der Waals surface area contributed by atoms with Gasteiger partial charge in [0.05, 0.1) is 17.5 Å². The van der Waals surface area contributed by atoms with Gasteiger partial charge in [-0.1, -0.05) is 0 Å². The summed E-state index contributed by atoms with van der Waals surface area (Å²) in [6.07, 6.45) is 0.821. The monoisotopic (exact) mass is 376 g/mol. The van der Waals surface area contributed by atoms with Crippen LogP contribution in [-0.2, 0) is 4.79 Å². The van der Waals surface area contributed by atoms with Crippen molar-refractivity contribution >= 4 is 17.7 Å². The number of piperidine rings is 1. The van der Waals surface area contributed by atoms with Gasteiger partial charge < -0.3 is 15.3 Å². The fourth-order valence-corrected chi connectivity index (χ4v) is 3.03. The first kappa shape index (κ1) is 18.7. The number of benzene rings is 1. The fraction of sp³-hybridized carbons (Fsp3) is 0.471. The van der Waals surface area contributed by atoms with Crippen LogP contribution in [0.4, 0.5) is 14.9 Å². The van der Waals surface area contributed by atoms with E-state index in [0.717, 1.165) is 0 Å². The number of urea groups is 1. The normalized spacial score (nSPS) is 15.2. The van der Waals surface area contributed by atoms with Gasteiger partial charge in [-0.15, -0.1) is 5.10 Å². The predicted molar refractivity (Wildman–Crippen MR) is 94.5 cm³/mol. The van der Waals surface area contributed by atoms with Crippen LogP contribution in [0.15, 0.2) is 18.2 Å². The summed E-state index contributed by atoms with van der Waals surface area (Å²) in [7, 11) is 0. The molecule has 1 fully saturated rings. The Kier molecular flexibility index (Phi) is 5.33. The number of amides is 2. The number of tetrazole rings is 1. The molecule has 0 radical (unpaired) electrons. The van der Waals surface area contributed by atoms with Crippen molar-refractivity contribution in [3.05, 3.63) is 24.0 Å². The van der Waals surface area contributed by atoms with Crippen molar-refractivity contribution in [1.29, 1.82) is 0 Å². The van der Waals surface area contributed by atoms with E-state index in [-0.39, 0.29) is 17.6 Å². The molecule has 0 spiro atoms. The van der Waals surface area contributed by atoms with Gasteiger partial charge in [0.15, 0.2) is 5.82 Å². The molecular formula is C17H21FN6O3. The van der Waals surface area contributed by atoms with Gasteiger partial charge in [0.25, 0.3) is 0 Å². The molecule has 1 aromatic heterocycles. The van der Waals surface area contributed by atoms with Crippen LogP contribution in [0.25, 0.3) is 11.4 Å². The number of nitrogens with zero attached hydrogens (tertiary/aromatic N) is 5. The Morgan fingerprint density at radius 2 is 2.00 bits per heavy atom. The minimum absolute atomic E-state index is 0.0255. The molecule has 144 valence electrons. The summed E-state index contributed by atoms with van der Waals surface area (Å²) in [5, 5.41) is 23.0. The first-order valence-corrected chi connectivity index (χ1v) is 8.73. The van der Waals surface area contributed by atoms with E-state index in [1.54, 1.807) is 6.07 Å². The highest BCUT2D eigenvalue weighted by molar-refractivity contribution is 5.89. The highest BCUT2D eigenvalue weighted by Crippen LogP contribution is 2.25. The SMILES string of the molecule is CC(C)n1nnnc1-c1ccc(NC(=O)N2CCC(C(=O)O)CC2)cc1F. The van der Waals surface area contributed by atoms with Gasteiger partial charge in [-0.05, 0) is 55.3 Å². The largest absolute Gasteiger partial charge is 0.481 e. The number of carbonyl (C=O) groups excluding carboxylic acids is 1. The topological polar surface area (TPSA) is 113 Å². The summed E-state index contributed by atoms with van der Waals surface area (Å²) in [5.74, 6) is -1.49. The molecular weight excluding hydrogens is 355 g/mol. The van der Waals surface area contributed by atoms with Crippen LogP contribution < -0.4 is 5.32 Å². The number of carbonyl (C=O) groups is 2. The van der Waals surface area contributed by atoms with Crippen molar-refractivity contribution in [3.8, 4) is 11.4 Å². The molecule has 27 heavy (non-hydrogen) atoms. The standard InChI is InChI=1S/C17H21FN6O3/c1-10(2)24-15(20-21-22-24)13-4-3-12(9-14(13)18)19-17(27)23-7-5-11(6-8-23)16(25)26/h3-4,9-11H,5-8H2,1-2H3,(H,19,27)(H,25,26). The second-order valence-electron chi connectivity index (χ2n) is 6.77. The molecule has 1 aliphatic rings. The molecule has 1 aliphatic heterocycles. The third kappa shape index (κ3) is 4.04. The molecule has 1 saturated heterocycles. The lowest BCUT2D eigenvalue weighted by atomic mass is 9.97. The van der Waals surface area contributed by atoms with Gasteiger partial charge in [-0.2, -0.15) is 0 Å². The number of aromatic nitrogens is 4. The van der Waals surface area contributed by atoms with Gasteiger partial charge in [0, 0.05) is 18.8 Å². The summed E-state index contributed by atoms with van der Waals surface area (Å²) in [5.41, 5.74) is 0.555. The molecule has 1 aromatic carbocycles. The smallest absolute Gasteiger partial charge is 0.321 e. The lowest BCUT2D eigenvalue weighted by molar-refractivity contribution is -0.143. The molecule has 2 N–H and O–H groups in total. The Balaban J connectivity index is 1.68. The van der Waals surface area contributed by atoms with Crippen molar-refractivity contribution in [2.24, 2.45) is 5.92 Å². The average Bonchev–Trinajstić information content (AvgIpc) is 3.11. The van der Waals surface area contributed by atoms with Crippen LogP contribution in [0, 0.1) is 11.7 Å². The number of nitrogens with one attached hydrogen (secondary N) is 1. The van der Waals surface area contributed by atoms with Gasteiger partial charge in [0.1, 0.15) is 5.82 Å². The van der Waals surface area contributed by atoms with E-state index in [9.17, 15) is 14.0 Å². The van der Waals surface area contributed by atoms with Gasteiger partial charge in [-0.3, -0.25) is 4.79 Å². The molecule has 3 rings (SSSR count). The van der Waals surface area contributed by atoms with E-state index in [1.165, 1.54) is 21.7 Å².